The molecule has 2 atom stereocenters. The van der Waals surface area contributed by atoms with Crippen LogP contribution >= 0.6 is 11.3 Å². The molecular formula is C32H39N5O5S2. The lowest BCUT2D eigenvalue weighted by Crippen LogP contribution is -2.37. The van der Waals surface area contributed by atoms with Crippen LogP contribution in [-0.4, -0.2) is 64.3 Å². The molecule has 0 radical (unpaired) electrons. The van der Waals surface area contributed by atoms with Crippen LogP contribution in [0.1, 0.15) is 89.5 Å². The largest absolute Gasteiger partial charge is 0.337 e. The number of amides is 2. The molecule has 44 heavy (non-hydrogen) atoms. The maximum Gasteiger partial charge on any atom is 0.281 e. The quantitative estimate of drug-likeness (QED) is 0.421. The number of rotatable bonds is 5. The molecule has 6 rings (SSSR count). The molecule has 2 aliphatic heterocycles. The molecule has 2 bridgehead atoms. The molecule has 1 aliphatic carbocycles. The van der Waals surface area contributed by atoms with Crippen LogP contribution in [0.25, 0.3) is 0 Å². The van der Waals surface area contributed by atoms with Crippen LogP contribution in [0.5, 0.6) is 0 Å². The minimum Gasteiger partial charge on any atom is -0.337 e. The van der Waals surface area contributed by atoms with Crippen molar-refractivity contribution in [3.05, 3.63) is 63.3 Å². The summed E-state index contributed by atoms with van der Waals surface area (Å²) < 4.78 is 30.5. The highest BCUT2D eigenvalue weighted by atomic mass is 32.2. The van der Waals surface area contributed by atoms with E-state index in [0.29, 0.717) is 48.0 Å². The van der Waals surface area contributed by atoms with Gasteiger partial charge in [0.2, 0.25) is 15.9 Å². The first-order chi connectivity index (χ1) is 20.6. The second-order valence-corrected chi connectivity index (χ2v) is 16.8. The molecule has 2 amide bonds. The lowest BCUT2D eigenvalue weighted by molar-refractivity contribution is -0.129. The number of aryl methyl sites for hydroxylation is 2. The fourth-order valence-electron chi connectivity index (χ4n) is 7.71. The molecule has 0 spiro atoms. The van der Waals surface area contributed by atoms with Gasteiger partial charge < -0.3 is 10.2 Å². The summed E-state index contributed by atoms with van der Waals surface area (Å²) >= 11 is 1.28. The molecule has 4 heterocycles. The minimum atomic E-state index is -3.73. The Kier molecular flexibility index (Phi) is 7.41. The van der Waals surface area contributed by atoms with E-state index in [1.54, 1.807) is 16.1 Å². The first-order valence-corrected chi connectivity index (χ1v) is 17.2. The van der Waals surface area contributed by atoms with Crippen LogP contribution in [0.15, 0.2) is 35.2 Å². The molecule has 1 saturated heterocycles. The number of thiophene rings is 1. The van der Waals surface area contributed by atoms with Crippen molar-refractivity contribution >= 4 is 44.1 Å². The van der Waals surface area contributed by atoms with Crippen molar-refractivity contribution in [1.29, 1.82) is 0 Å². The summed E-state index contributed by atoms with van der Waals surface area (Å²) in [5.74, 6) is -0.843. The first-order valence-electron chi connectivity index (χ1n) is 15.0. The van der Waals surface area contributed by atoms with E-state index < -0.39 is 15.9 Å². The van der Waals surface area contributed by atoms with Gasteiger partial charge in [-0.25, -0.2) is 13.1 Å². The normalized spacial score (nSPS) is 23.0. The summed E-state index contributed by atoms with van der Waals surface area (Å²) in [6.45, 7) is 13.1. The van der Waals surface area contributed by atoms with E-state index in [2.05, 4.69) is 31.2 Å². The van der Waals surface area contributed by atoms with Crippen molar-refractivity contribution in [2.75, 3.05) is 18.4 Å². The highest BCUT2D eigenvalue weighted by Crippen LogP contribution is 2.53. The van der Waals surface area contributed by atoms with Crippen molar-refractivity contribution in [2.24, 2.45) is 10.8 Å². The molecular weight excluding hydrogens is 599 g/mol. The number of hydrogen-bond acceptors (Lipinski definition) is 7. The van der Waals surface area contributed by atoms with E-state index in [9.17, 15) is 22.8 Å². The van der Waals surface area contributed by atoms with Gasteiger partial charge in [-0.1, -0.05) is 20.8 Å². The number of benzene rings is 1. The average molecular weight is 638 g/mol. The van der Waals surface area contributed by atoms with E-state index in [-0.39, 0.29) is 39.1 Å². The van der Waals surface area contributed by atoms with E-state index in [4.69, 9.17) is 0 Å². The lowest BCUT2D eigenvalue weighted by Gasteiger charge is -2.39. The second kappa shape index (κ2) is 10.6. The fourth-order valence-corrected chi connectivity index (χ4v) is 10.7. The summed E-state index contributed by atoms with van der Waals surface area (Å²) in [7, 11) is -3.73. The Bertz CT molecular complexity index is 1790. The number of nitrogens with one attached hydrogen (secondary N) is 1. The zero-order valence-corrected chi connectivity index (χ0v) is 27.7. The Labute approximate surface area is 262 Å². The summed E-state index contributed by atoms with van der Waals surface area (Å²) in [4.78, 5) is 42.1. The van der Waals surface area contributed by atoms with Gasteiger partial charge in [-0.3, -0.25) is 14.4 Å². The van der Waals surface area contributed by atoms with E-state index in [0.717, 1.165) is 29.7 Å². The molecule has 10 nitrogen and oxygen atoms in total. The molecule has 1 N–H and O–H groups in total. The van der Waals surface area contributed by atoms with Crippen LogP contribution in [0.2, 0.25) is 0 Å². The van der Waals surface area contributed by atoms with Gasteiger partial charge in [0.15, 0.2) is 0 Å². The molecule has 12 heteroatoms. The lowest BCUT2D eigenvalue weighted by atomic mass is 9.65. The second-order valence-electron chi connectivity index (χ2n) is 13.8. The third kappa shape index (κ3) is 5.41. The zero-order valence-electron chi connectivity index (χ0n) is 26.1. The molecule has 3 aromatic rings. The van der Waals surface area contributed by atoms with Crippen LogP contribution < -0.4 is 5.32 Å². The number of aromatic nitrogens is 2. The van der Waals surface area contributed by atoms with Gasteiger partial charge in [0, 0.05) is 42.2 Å². The topological polar surface area (TPSA) is 122 Å². The van der Waals surface area contributed by atoms with Crippen molar-refractivity contribution in [2.45, 2.75) is 84.7 Å². The number of sulfonamides is 1. The molecule has 3 aliphatic rings. The Hall–Kier alpha value is -3.35. The Morgan fingerprint density at radius 3 is 2.41 bits per heavy atom. The van der Waals surface area contributed by atoms with Crippen molar-refractivity contribution in [3.8, 4) is 0 Å². The average Bonchev–Trinajstić information content (AvgIpc) is 3.56. The van der Waals surface area contributed by atoms with Gasteiger partial charge >= 0.3 is 0 Å². The molecule has 2 fully saturated rings. The highest BCUT2D eigenvalue weighted by molar-refractivity contribution is 7.89. The summed E-state index contributed by atoms with van der Waals surface area (Å²) in [5, 5.41) is 7.67. The smallest absolute Gasteiger partial charge is 0.281 e. The van der Waals surface area contributed by atoms with E-state index >= 15 is 0 Å². The van der Waals surface area contributed by atoms with E-state index in [1.807, 2.05) is 13.0 Å². The highest BCUT2D eigenvalue weighted by Gasteiger charge is 2.53. The SMILES string of the molecule is CC(=O)N1CCc2c(sc(NC(=O)c3ccc(S(=O)(=O)N4CC5(C)CC4CC(C)(C)C5)cc3)c2C(=O)n2nc(C)cc2C)C1. The number of hydrogen-bond donors (Lipinski definition) is 1. The van der Waals surface area contributed by atoms with Gasteiger partial charge in [0.05, 0.1) is 22.7 Å². The maximum atomic E-state index is 13.8. The number of anilines is 1. The third-order valence-corrected chi connectivity index (χ3v) is 12.3. The predicted molar refractivity (Wildman–Crippen MR) is 168 cm³/mol. The summed E-state index contributed by atoms with van der Waals surface area (Å²) in [5.41, 5.74) is 2.91. The maximum absolute atomic E-state index is 13.8. The minimum absolute atomic E-state index is 0.0290. The van der Waals surface area contributed by atoms with Gasteiger partial charge in [-0.15, -0.1) is 11.3 Å². The molecule has 2 aromatic heterocycles. The zero-order chi connectivity index (χ0) is 31.8. The standard InChI is InChI=1S/C32H39N5O5S2/c1-19-13-20(2)37(34-19)30(40)27-25-11-12-35(21(3)38)16-26(25)43-29(27)33-28(39)22-7-9-24(10-8-22)44(41,42)36-18-32(6)15-23(36)14-31(4,5)17-32/h7-10,13,23H,11-12,14-18H2,1-6H3,(H,33,39). The number of carbonyl (C=O) groups excluding carboxylic acids is 3. The Morgan fingerprint density at radius 2 is 1.77 bits per heavy atom. The van der Waals surface area contributed by atoms with Crippen molar-refractivity contribution in [1.82, 2.24) is 19.0 Å². The van der Waals surface area contributed by atoms with Crippen LogP contribution in [0.4, 0.5) is 5.00 Å². The van der Waals surface area contributed by atoms with Gasteiger partial charge in [-0.2, -0.15) is 9.40 Å². The van der Waals surface area contributed by atoms with Crippen LogP contribution in [0.3, 0.4) is 0 Å². The monoisotopic (exact) mass is 637 g/mol. The Balaban J connectivity index is 1.27. The van der Waals surface area contributed by atoms with Crippen molar-refractivity contribution < 1.29 is 22.8 Å². The van der Waals surface area contributed by atoms with Crippen LogP contribution in [0, 0.1) is 24.7 Å². The van der Waals surface area contributed by atoms with Crippen molar-refractivity contribution in [3.63, 3.8) is 0 Å². The van der Waals surface area contributed by atoms with Gasteiger partial charge in [0.25, 0.3) is 11.8 Å². The number of fused-ring (bicyclic) bond motifs is 3. The van der Waals surface area contributed by atoms with E-state index in [1.165, 1.54) is 47.2 Å². The predicted octanol–water partition coefficient (Wildman–Crippen LogP) is 5.00. The summed E-state index contributed by atoms with van der Waals surface area (Å²) in [6, 6.07) is 7.81. The Morgan fingerprint density at radius 1 is 1.07 bits per heavy atom. The fraction of sp³-hybridized carbons (Fsp3) is 0.500. The summed E-state index contributed by atoms with van der Waals surface area (Å²) in [6.07, 6.45) is 3.17. The molecule has 2 unspecified atom stereocenters. The molecule has 234 valence electrons. The third-order valence-electron chi connectivity index (χ3n) is 9.23. The number of nitrogens with zero attached hydrogens (tertiary/aromatic N) is 4. The molecule has 1 saturated carbocycles. The first kappa shape index (κ1) is 30.7. The number of carbonyl (C=O) groups is 3. The van der Waals surface area contributed by atoms with Gasteiger partial charge in [0.1, 0.15) is 5.00 Å². The molecule has 1 aromatic carbocycles. The van der Waals surface area contributed by atoms with Crippen LogP contribution in [-0.2, 0) is 27.8 Å². The van der Waals surface area contributed by atoms with Gasteiger partial charge in [-0.05, 0) is 86.3 Å².